The fourth-order valence-corrected chi connectivity index (χ4v) is 2.94. The number of ether oxygens (including phenoxy) is 1. The number of hydrogen-bond donors (Lipinski definition) is 0. The topological polar surface area (TPSA) is 26.3 Å². The average Bonchev–Trinajstić information content (AvgIpc) is 2.61. The lowest BCUT2D eigenvalue weighted by Gasteiger charge is -2.03. The summed E-state index contributed by atoms with van der Waals surface area (Å²) in [5.74, 6) is -0.223. The predicted octanol–water partition coefficient (Wildman–Crippen LogP) is 8.42. The summed E-state index contributed by atoms with van der Waals surface area (Å²) < 4.78 is 4.94. The highest BCUT2D eigenvalue weighted by Gasteiger charge is 1.95. The van der Waals surface area contributed by atoms with E-state index in [1.54, 1.807) is 0 Å². The van der Waals surface area contributed by atoms with Gasteiger partial charge < -0.3 is 4.74 Å². The van der Waals surface area contributed by atoms with E-state index < -0.39 is 0 Å². The first-order valence-electron chi connectivity index (χ1n) is 11.1. The van der Waals surface area contributed by atoms with Crippen LogP contribution in [0.2, 0.25) is 0 Å². The third-order valence-electron chi connectivity index (χ3n) is 4.90. The number of hydrogen-bond acceptors (Lipinski definition) is 2. The zero-order valence-corrected chi connectivity index (χ0v) is 20.1. The summed E-state index contributed by atoms with van der Waals surface area (Å²) in [4.78, 5) is 10.8. The Bertz CT molecular complexity index is 623. The summed E-state index contributed by atoms with van der Waals surface area (Å²) in [6.45, 7) is 15.0. The minimum absolute atomic E-state index is 0.223. The number of esters is 1. The van der Waals surface area contributed by atoms with Crippen LogP contribution in [0.1, 0.15) is 99.8 Å². The van der Waals surface area contributed by atoms with Gasteiger partial charge in [-0.15, -0.1) is 0 Å². The van der Waals surface area contributed by atoms with Crippen LogP contribution < -0.4 is 0 Å². The Labute approximate surface area is 180 Å². The van der Waals surface area contributed by atoms with Crippen LogP contribution in [-0.4, -0.2) is 12.6 Å². The SMILES string of the molecule is CC(=O)OCC=C(C)CCC=C(C)CCC=C(C)CC/C=C(\C)CCC=C(C)C. The highest BCUT2D eigenvalue weighted by Crippen LogP contribution is 2.14. The van der Waals surface area contributed by atoms with Gasteiger partial charge in [-0.05, 0) is 99.0 Å². The molecule has 0 aromatic carbocycles. The normalized spacial score (nSPS) is 13.5. The van der Waals surface area contributed by atoms with E-state index in [0.29, 0.717) is 6.61 Å². The van der Waals surface area contributed by atoms with Crippen molar-refractivity contribution in [2.75, 3.05) is 6.61 Å². The van der Waals surface area contributed by atoms with Gasteiger partial charge in [0.2, 0.25) is 0 Å². The Balaban J connectivity index is 4.06. The third-order valence-corrected chi connectivity index (χ3v) is 4.90. The Morgan fingerprint density at radius 1 is 0.552 bits per heavy atom. The Hall–Kier alpha value is -1.83. The highest BCUT2D eigenvalue weighted by atomic mass is 16.5. The molecule has 0 amide bonds. The van der Waals surface area contributed by atoms with Crippen LogP contribution in [0.5, 0.6) is 0 Å². The average molecular weight is 401 g/mol. The Kier molecular flexibility index (Phi) is 16.0. The van der Waals surface area contributed by atoms with E-state index in [1.165, 1.54) is 41.2 Å². The first kappa shape index (κ1) is 27.2. The van der Waals surface area contributed by atoms with E-state index in [9.17, 15) is 4.79 Å². The fourth-order valence-electron chi connectivity index (χ4n) is 2.94. The van der Waals surface area contributed by atoms with E-state index in [-0.39, 0.29) is 5.97 Å². The number of allylic oxidation sites excluding steroid dienone is 9. The quantitative estimate of drug-likeness (QED) is 0.216. The lowest BCUT2D eigenvalue weighted by atomic mass is 10.0. The molecule has 0 aromatic rings. The maximum absolute atomic E-state index is 10.8. The Morgan fingerprint density at radius 3 is 1.24 bits per heavy atom. The van der Waals surface area contributed by atoms with Crippen molar-refractivity contribution in [2.24, 2.45) is 0 Å². The highest BCUT2D eigenvalue weighted by molar-refractivity contribution is 5.66. The molecular formula is C27H44O2. The first-order chi connectivity index (χ1) is 13.7. The summed E-state index contributed by atoms with van der Waals surface area (Å²) in [5.41, 5.74) is 7.14. The maximum atomic E-state index is 10.8. The smallest absolute Gasteiger partial charge is 0.302 e. The molecule has 0 bridgehead atoms. The van der Waals surface area contributed by atoms with Crippen LogP contribution in [0.25, 0.3) is 0 Å². The van der Waals surface area contributed by atoms with Gasteiger partial charge in [0.05, 0.1) is 0 Å². The molecule has 0 fully saturated rings. The maximum Gasteiger partial charge on any atom is 0.302 e. The van der Waals surface area contributed by atoms with Crippen LogP contribution in [0.3, 0.4) is 0 Å². The van der Waals surface area contributed by atoms with Crippen molar-refractivity contribution in [3.8, 4) is 0 Å². The summed E-state index contributed by atoms with van der Waals surface area (Å²) >= 11 is 0. The third kappa shape index (κ3) is 19.3. The lowest BCUT2D eigenvalue weighted by molar-refractivity contribution is -0.139. The molecule has 0 saturated carbocycles. The van der Waals surface area contributed by atoms with Gasteiger partial charge in [-0.3, -0.25) is 4.79 Å². The minimum Gasteiger partial charge on any atom is -0.462 e. The number of carbonyl (C=O) groups is 1. The van der Waals surface area contributed by atoms with E-state index >= 15 is 0 Å². The van der Waals surface area contributed by atoms with Gasteiger partial charge in [-0.2, -0.15) is 0 Å². The van der Waals surface area contributed by atoms with Crippen molar-refractivity contribution in [3.63, 3.8) is 0 Å². The molecule has 0 aliphatic heterocycles. The molecule has 164 valence electrons. The molecule has 2 heteroatoms. The van der Waals surface area contributed by atoms with Gasteiger partial charge in [-0.25, -0.2) is 0 Å². The molecule has 0 atom stereocenters. The predicted molar refractivity (Wildman–Crippen MR) is 128 cm³/mol. The van der Waals surface area contributed by atoms with Gasteiger partial charge in [0, 0.05) is 6.92 Å². The standard InChI is InChI=1S/C27H44O2/c1-22(2)12-8-13-23(3)14-9-15-24(4)16-10-17-25(5)18-11-19-26(6)20-21-29-27(7)28/h12,14,16,18,20H,8-11,13,15,17,19,21H2,1-7H3/b23-14+,24-16?,25-18?,26-20?. The molecular weight excluding hydrogens is 356 g/mol. The van der Waals surface area contributed by atoms with Gasteiger partial charge in [0.25, 0.3) is 0 Å². The monoisotopic (exact) mass is 400 g/mol. The summed E-state index contributed by atoms with van der Waals surface area (Å²) in [7, 11) is 0. The zero-order chi connectivity index (χ0) is 22.1. The van der Waals surface area contributed by atoms with E-state index in [2.05, 4.69) is 65.8 Å². The van der Waals surface area contributed by atoms with Crippen LogP contribution in [0.15, 0.2) is 58.2 Å². The molecule has 2 nitrogen and oxygen atoms in total. The van der Waals surface area contributed by atoms with Crippen LogP contribution in [0.4, 0.5) is 0 Å². The molecule has 0 heterocycles. The molecule has 29 heavy (non-hydrogen) atoms. The van der Waals surface area contributed by atoms with Crippen molar-refractivity contribution in [1.29, 1.82) is 0 Å². The number of carbonyl (C=O) groups excluding carboxylic acids is 1. The van der Waals surface area contributed by atoms with Crippen LogP contribution >= 0.6 is 0 Å². The van der Waals surface area contributed by atoms with Crippen molar-refractivity contribution in [2.45, 2.75) is 99.8 Å². The van der Waals surface area contributed by atoms with Gasteiger partial charge in [-0.1, -0.05) is 52.2 Å². The van der Waals surface area contributed by atoms with Gasteiger partial charge >= 0.3 is 5.97 Å². The van der Waals surface area contributed by atoms with Gasteiger partial charge in [0.15, 0.2) is 0 Å². The molecule has 0 aliphatic carbocycles. The summed E-state index contributed by atoms with van der Waals surface area (Å²) in [6, 6.07) is 0. The lowest BCUT2D eigenvalue weighted by Crippen LogP contribution is -1.98. The van der Waals surface area contributed by atoms with E-state index in [4.69, 9.17) is 4.74 Å². The van der Waals surface area contributed by atoms with Gasteiger partial charge in [0.1, 0.15) is 6.61 Å². The van der Waals surface area contributed by atoms with E-state index in [1.807, 2.05) is 6.08 Å². The summed E-state index contributed by atoms with van der Waals surface area (Å²) in [6.07, 6.45) is 20.4. The van der Waals surface area contributed by atoms with Crippen molar-refractivity contribution < 1.29 is 9.53 Å². The Morgan fingerprint density at radius 2 is 0.897 bits per heavy atom. The zero-order valence-electron chi connectivity index (χ0n) is 20.1. The molecule has 0 unspecified atom stereocenters. The fraction of sp³-hybridized carbons (Fsp3) is 0.593. The molecule has 0 rings (SSSR count). The first-order valence-corrected chi connectivity index (χ1v) is 11.1. The summed E-state index contributed by atoms with van der Waals surface area (Å²) in [5, 5.41) is 0. The second kappa shape index (κ2) is 17.1. The van der Waals surface area contributed by atoms with Crippen LogP contribution in [0, 0.1) is 0 Å². The van der Waals surface area contributed by atoms with Crippen molar-refractivity contribution in [3.05, 3.63) is 58.2 Å². The van der Waals surface area contributed by atoms with Crippen LogP contribution in [-0.2, 0) is 9.53 Å². The van der Waals surface area contributed by atoms with E-state index in [0.717, 1.165) is 44.9 Å². The van der Waals surface area contributed by atoms with Crippen molar-refractivity contribution in [1.82, 2.24) is 0 Å². The molecule has 0 spiro atoms. The van der Waals surface area contributed by atoms with Crippen molar-refractivity contribution >= 4 is 5.97 Å². The molecule has 0 saturated heterocycles. The second-order valence-corrected chi connectivity index (χ2v) is 8.44. The number of rotatable bonds is 14. The second-order valence-electron chi connectivity index (χ2n) is 8.44. The largest absolute Gasteiger partial charge is 0.462 e. The minimum atomic E-state index is -0.223. The molecule has 0 aliphatic rings. The molecule has 0 aromatic heterocycles. The molecule has 0 radical (unpaired) electrons. The molecule has 0 N–H and O–H groups in total.